The molecule has 150 valence electrons. The van der Waals surface area contributed by atoms with Crippen molar-refractivity contribution in [2.45, 2.75) is 13.8 Å². The summed E-state index contributed by atoms with van der Waals surface area (Å²) in [6.07, 6.45) is 3.48. The highest BCUT2D eigenvalue weighted by atomic mass is 79.9. The lowest BCUT2D eigenvalue weighted by molar-refractivity contribution is -0.122. The van der Waals surface area contributed by atoms with Crippen molar-refractivity contribution in [2.24, 2.45) is 0 Å². The largest absolute Gasteiger partial charge is 0.317 e. The Morgan fingerprint density at radius 3 is 2.30 bits per heavy atom. The van der Waals surface area contributed by atoms with Gasteiger partial charge in [0.1, 0.15) is 5.57 Å². The highest BCUT2D eigenvalue weighted by Gasteiger charge is 2.34. The molecule has 0 atom stereocenters. The molecule has 1 N–H and O–H groups in total. The number of benzene rings is 2. The predicted molar refractivity (Wildman–Crippen MR) is 126 cm³/mol. The van der Waals surface area contributed by atoms with E-state index in [0.717, 1.165) is 21.3 Å². The zero-order chi connectivity index (χ0) is 21.4. The molecule has 1 saturated heterocycles. The molecule has 2 aromatic carbocycles. The quantitative estimate of drug-likeness (QED) is 0.336. The van der Waals surface area contributed by atoms with Crippen molar-refractivity contribution in [1.29, 1.82) is 0 Å². The van der Waals surface area contributed by atoms with Crippen LogP contribution in [-0.4, -0.2) is 21.5 Å². The number of aryl methyl sites for hydroxylation is 2. The standard InChI is InChI=1S/C23H18BrN3O2S/c1-14-10-15(2)12-19(11-14)27-22(29)20(21(28)25-23(27)30)13-18-4-3-9-26(18)17-7-5-16(24)6-8-17/h3-13H,1-2H3,(H,25,28,30)/b20-13+. The fraction of sp³-hybridized carbons (Fsp3) is 0.0870. The second-order valence-electron chi connectivity index (χ2n) is 7.08. The summed E-state index contributed by atoms with van der Waals surface area (Å²) >= 11 is 8.73. The molecular weight excluding hydrogens is 462 g/mol. The van der Waals surface area contributed by atoms with E-state index in [1.807, 2.05) is 79.2 Å². The summed E-state index contributed by atoms with van der Waals surface area (Å²) < 4.78 is 2.88. The third-order valence-electron chi connectivity index (χ3n) is 4.74. The Hall–Kier alpha value is -3.03. The van der Waals surface area contributed by atoms with E-state index in [2.05, 4.69) is 21.2 Å². The molecule has 1 aliphatic heterocycles. The van der Waals surface area contributed by atoms with Gasteiger partial charge in [-0.1, -0.05) is 22.0 Å². The van der Waals surface area contributed by atoms with E-state index < -0.39 is 11.8 Å². The van der Waals surface area contributed by atoms with Crippen molar-refractivity contribution < 1.29 is 9.59 Å². The molecule has 0 saturated carbocycles. The van der Waals surface area contributed by atoms with Crippen LogP contribution in [0.1, 0.15) is 16.8 Å². The molecule has 0 aliphatic carbocycles. The Morgan fingerprint density at radius 2 is 1.63 bits per heavy atom. The van der Waals surface area contributed by atoms with Gasteiger partial charge in [0, 0.05) is 22.1 Å². The number of hydrogen-bond acceptors (Lipinski definition) is 3. The topological polar surface area (TPSA) is 54.3 Å². The van der Waals surface area contributed by atoms with Gasteiger partial charge in [-0.2, -0.15) is 0 Å². The number of nitrogens with one attached hydrogen (secondary N) is 1. The zero-order valence-corrected chi connectivity index (χ0v) is 18.8. The summed E-state index contributed by atoms with van der Waals surface area (Å²) in [5.74, 6) is -0.952. The highest BCUT2D eigenvalue weighted by Crippen LogP contribution is 2.25. The molecule has 30 heavy (non-hydrogen) atoms. The van der Waals surface area contributed by atoms with Crippen molar-refractivity contribution in [2.75, 3.05) is 4.90 Å². The first-order valence-corrected chi connectivity index (χ1v) is 10.5. The minimum absolute atomic E-state index is 0.0276. The highest BCUT2D eigenvalue weighted by molar-refractivity contribution is 9.10. The first kappa shape index (κ1) is 20.3. The van der Waals surface area contributed by atoms with Gasteiger partial charge >= 0.3 is 0 Å². The zero-order valence-electron chi connectivity index (χ0n) is 16.3. The molecule has 0 unspecified atom stereocenters. The van der Waals surface area contributed by atoms with E-state index in [1.165, 1.54) is 4.90 Å². The lowest BCUT2D eigenvalue weighted by atomic mass is 10.1. The predicted octanol–water partition coefficient (Wildman–Crippen LogP) is 4.69. The van der Waals surface area contributed by atoms with Crippen molar-refractivity contribution in [3.63, 3.8) is 0 Å². The van der Waals surface area contributed by atoms with Crippen molar-refractivity contribution >= 4 is 56.8 Å². The number of halogens is 1. The number of thiocarbonyl (C=S) groups is 1. The van der Waals surface area contributed by atoms with E-state index in [1.54, 1.807) is 6.08 Å². The molecule has 5 nitrogen and oxygen atoms in total. The van der Waals surface area contributed by atoms with E-state index in [4.69, 9.17) is 12.2 Å². The van der Waals surface area contributed by atoms with Crippen molar-refractivity contribution in [3.05, 3.63) is 87.7 Å². The first-order chi connectivity index (χ1) is 14.3. The van der Waals surface area contributed by atoms with Crippen LogP contribution in [0.5, 0.6) is 0 Å². The maximum atomic E-state index is 13.3. The monoisotopic (exact) mass is 479 g/mol. The molecular formula is C23H18BrN3O2S. The summed E-state index contributed by atoms with van der Waals surface area (Å²) in [6, 6.07) is 17.2. The number of amides is 2. The lowest BCUT2D eigenvalue weighted by Gasteiger charge is -2.29. The molecule has 0 radical (unpaired) electrons. The second-order valence-corrected chi connectivity index (χ2v) is 8.39. The van der Waals surface area contributed by atoms with Crippen molar-refractivity contribution in [1.82, 2.24) is 9.88 Å². The van der Waals surface area contributed by atoms with Gasteiger partial charge in [0.25, 0.3) is 11.8 Å². The number of hydrogen-bond donors (Lipinski definition) is 1. The number of anilines is 1. The van der Waals surface area contributed by atoms with Gasteiger partial charge in [-0.3, -0.25) is 19.8 Å². The SMILES string of the molecule is Cc1cc(C)cc(N2C(=O)/C(=C/c3cccn3-c3ccc(Br)cc3)C(=O)NC2=S)c1. The molecule has 1 aromatic heterocycles. The fourth-order valence-electron chi connectivity index (χ4n) is 3.47. The van der Waals surface area contributed by atoms with Gasteiger partial charge in [0.2, 0.25) is 0 Å². The van der Waals surface area contributed by atoms with Crippen LogP contribution in [0.4, 0.5) is 5.69 Å². The number of aromatic nitrogens is 1. The molecule has 1 fully saturated rings. The Balaban J connectivity index is 1.76. The van der Waals surface area contributed by atoms with E-state index in [9.17, 15) is 9.59 Å². The van der Waals surface area contributed by atoms with E-state index >= 15 is 0 Å². The summed E-state index contributed by atoms with van der Waals surface area (Å²) in [7, 11) is 0. The summed E-state index contributed by atoms with van der Waals surface area (Å²) in [5, 5.41) is 2.72. The molecule has 7 heteroatoms. The van der Waals surface area contributed by atoms with Gasteiger partial charge < -0.3 is 4.57 Å². The second kappa shape index (κ2) is 8.01. The van der Waals surface area contributed by atoms with Gasteiger partial charge in [-0.15, -0.1) is 0 Å². The average molecular weight is 480 g/mol. The van der Waals surface area contributed by atoms with Gasteiger partial charge in [-0.05, 0) is 91.8 Å². The number of carbonyl (C=O) groups is 2. The molecule has 1 aliphatic rings. The summed E-state index contributed by atoms with van der Waals surface area (Å²) in [5.41, 5.74) is 4.31. The van der Waals surface area contributed by atoms with Crippen LogP contribution in [0.25, 0.3) is 11.8 Å². The average Bonchev–Trinajstić information content (AvgIpc) is 3.13. The van der Waals surface area contributed by atoms with Gasteiger partial charge in [-0.25, -0.2) is 0 Å². The Morgan fingerprint density at radius 1 is 0.967 bits per heavy atom. The smallest absolute Gasteiger partial charge is 0.270 e. The van der Waals surface area contributed by atoms with Crippen LogP contribution in [-0.2, 0) is 9.59 Å². The maximum absolute atomic E-state index is 13.3. The Kier molecular flexibility index (Phi) is 5.40. The minimum atomic E-state index is -0.505. The van der Waals surface area contributed by atoms with E-state index in [0.29, 0.717) is 11.4 Å². The minimum Gasteiger partial charge on any atom is -0.317 e. The Bertz CT molecular complexity index is 1190. The van der Waals surface area contributed by atoms with E-state index in [-0.39, 0.29) is 10.7 Å². The fourth-order valence-corrected chi connectivity index (χ4v) is 4.01. The van der Waals surface area contributed by atoms with Crippen LogP contribution in [0.3, 0.4) is 0 Å². The number of rotatable bonds is 3. The van der Waals surface area contributed by atoms with Crippen LogP contribution < -0.4 is 10.2 Å². The van der Waals surface area contributed by atoms with Crippen LogP contribution in [0.2, 0.25) is 0 Å². The normalized spacial score (nSPS) is 15.6. The third-order valence-corrected chi connectivity index (χ3v) is 5.56. The molecule has 0 spiro atoms. The number of carbonyl (C=O) groups excluding carboxylic acids is 2. The molecule has 2 heterocycles. The van der Waals surface area contributed by atoms with Crippen LogP contribution >= 0.6 is 28.1 Å². The van der Waals surface area contributed by atoms with Crippen LogP contribution in [0, 0.1) is 13.8 Å². The summed E-state index contributed by atoms with van der Waals surface area (Å²) in [4.78, 5) is 27.3. The van der Waals surface area contributed by atoms with Gasteiger partial charge in [0.05, 0.1) is 5.69 Å². The molecule has 0 bridgehead atoms. The summed E-state index contributed by atoms with van der Waals surface area (Å²) in [6.45, 7) is 3.91. The van der Waals surface area contributed by atoms with Crippen molar-refractivity contribution in [3.8, 4) is 5.69 Å². The lowest BCUT2D eigenvalue weighted by Crippen LogP contribution is -2.54. The molecule has 3 aromatic rings. The first-order valence-electron chi connectivity index (χ1n) is 9.26. The molecule has 2 amide bonds. The Labute approximate surface area is 188 Å². The maximum Gasteiger partial charge on any atom is 0.270 e. The number of nitrogens with zero attached hydrogens (tertiary/aromatic N) is 2. The van der Waals surface area contributed by atoms with Crippen LogP contribution in [0.15, 0.2) is 70.8 Å². The van der Waals surface area contributed by atoms with Gasteiger partial charge in [0.15, 0.2) is 5.11 Å². The molecule has 4 rings (SSSR count). The third kappa shape index (κ3) is 3.86.